The highest BCUT2D eigenvalue weighted by molar-refractivity contribution is 6.83. The third-order valence-corrected chi connectivity index (χ3v) is 2.99. The maximum atomic E-state index is 10.6. The molecule has 1 aliphatic heterocycles. The van der Waals surface area contributed by atoms with Crippen LogP contribution in [0.5, 0.6) is 0 Å². The zero-order valence-corrected chi connectivity index (χ0v) is 10.5. The minimum atomic E-state index is -1.30. The minimum absolute atomic E-state index is 0.524. The monoisotopic (exact) mass is 223 g/mol. The zero-order valence-electron chi connectivity index (χ0n) is 9.50. The smallest absolute Gasteiger partial charge is 0.407 e. The number of nitrogens with zero attached hydrogens (tertiary/aromatic N) is 1. The van der Waals surface area contributed by atoms with Gasteiger partial charge in [0.05, 0.1) is 0 Å². The van der Waals surface area contributed by atoms with Crippen LogP contribution in [-0.4, -0.2) is 37.3 Å². The van der Waals surface area contributed by atoms with E-state index in [-0.39, 0.29) is 0 Å². The molecule has 1 N–H and O–H groups in total. The van der Waals surface area contributed by atoms with Gasteiger partial charge < -0.3 is 10.0 Å². The molecule has 0 unspecified atom stereocenters. The first-order chi connectivity index (χ1) is 6.88. The molecule has 0 aromatic heterocycles. The highest BCUT2D eigenvalue weighted by Crippen LogP contribution is 2.14. The first-order valence-electron chi connectivity index (χ1n) is 5.07. The number of likely N-dealkylation sites (tertiary alicyclic amines) is 1. The normalized spacial score (nSPS) is 18.9. The molecule has 0 radical (unpaired) electrons. The van der Waals surface area contributed by atoms with E-state index < -0.39 is 14.2 Å². The molecule has 4 heteroatoms. The van der Waals surface area contributed by atoms with E-state index >= 15 is 0 Å². The van der Waals surface area contributed by atoms with Crippen LogP contribution in [0.15, 0.2) is 11.6 Å². The molecule has 15 heavy (non-hydrogen) atoms. The van der Waals surface area contributed by atoms with Gasteiger partial charge in [-0.15, -0.1) is 5.54 Å². The summed E-state index contributed by atoms with van der Waals surface area (Å²) in [5.41, 5.74) is 4.37. The summed E-state index contributed by atoms with van der Waals surface area (Å²) in [6.07, 6.45) is 1.88. The van der Waals surface area contributed by atoms with Crippen molar-refractivity contribution >= 4 is 14.2 Å². The Bertz CT molecular complexity index is 344. The number of rotatable bonds is 0. The van der Waals surface area contributed by atoms with Gasteiger partial charge in [0.1, 0.15) is 8.07 Å². The van der Waals surface area contributed by atoms with Crippen LogP contribution < -0.4 is 0 Å². The second-order valence-corrected chi connectivity index (χ2v) is 9.53. The number of carbonyl (C=O) groups is 1. The van der Waals surface area contributed by atoms with Crippen LogP contribution in [-0.2, 0) is 0 Å². The number of hydrogen-bond donors (Lipinski definition) is 1. The molecule has 0 aromatic carbocycles. The maximum absolute atomic E-state index is 10.6. The Morgan fingerprint density at radius 2 is 2.20 bits per heavy atom. The molecule has 0 aromatic rings. The van der Waals surface area contributed by atoms with Crippen LogP contribution >= 0.6 is 0 Å². The third-order valence-electron chi connectivity index (χ3n) is 2.09. The van der Waals surface area contributed by atoms with Crippen molar-refractivity contribution in [1.29, 1.82) is 0 Å². The van der Waals surface area contributed by atoms with Gasteiger partial charge in [0.2, 0.25) is 0 Å². The van der Waals surface area contributed by atoms with Gasteiger partial charge in [-0.05, 0) is 18.1 Å². The van der Waals surface area contributed by atoms with Crippen molar-refractivity contribution in [2.75, 3.05) is 13.1 Å². The molecule has 0 spiro atoms. The van der Waals surface area contributed by atoms with E-state index in [1.165, 1.54) is 4.90 Å². The van der Waals surface area contributed by atoms with E-state index in [1.807, 2.05) is 6.08 Å². The molecule has 0 aliphatic carbocycles. The first kappa shape index (κ1) is 11.9. The molecule has 1 saturated heterocycles. The first-order valence-corrected chi connectivity index (χ1v) is 8.57. The third kappa shape index (κ3) is 4.22. The van der Waals surface area contributed by atoms with E-state index in [4.69, 9.17) is 5.11 Å². The lowest BCUT2D eigenvalue weighted by Gasteiger charge is -2.07. The fraction of sp³-hybridized carbons (Fsp3) is 0.545. The Morgan fingerprint density at radius 3 is 2.67 bits per heavy atom. The van der Waals surface area contributed by atoms with Crippen LogP contribution in [0.25, 0.3) is 0 Å². The van der Waals surface area contributed by atoms with Crippen molar-refractivity contribution in [1.82, 2.24) is 4.90 Å². The second kappa shape index (κ2) is 4.54. The molecule has 82 valence electrons. The summed E-state index contributed by atoms with van der Waals surface area (Å²) in [4.78, 5) is 12.1. The largest absolute Gasteiger partial charge is 0.465 e. The van der Waals surface area contributed by atoms with E-state index in [0.29, 0.717) is 13.1 Å². The Morgan fingerprint density at radius 1 is 1.53 bits per heavy atom. The lowest BCUT2D eigenvalue weighted by atomic mass is 10.2. The maximum Gasteiger partial charge on any atom is 0.407 e. The lowest BCUT2D eigenvalue weighted by molar-refractivity contribution is 0.156. The van der Waals surface area contributed by atoms with E-state index in [1.54, 1.807) is 0 Å². The number of hydrogen-bond acceptors (Lipinski definition) is 1. The fourth-order valence-electron chi connectivity index (χ4n) is 1.32. The lowest BCUT2D eigenvalue weighted by Crippen LogP contribution is -2.25. The van der Waals surface area contributed by atoms with Gasteiger partial charge in [0, 0.05) is 13.1 Å². The molecular formula is C11H17NO2Si. The minimum Gasteiger partial charge on any atom is -0.465 e. The van der Waals surface area contributed by atoms with Crippen molar-refractivity contribution in [3.05, 3.63) is 11.6 Å². The van der Waals surface area contributed by atoms with Crippen molar-refractivity contribution in [2.45, 2.75) is 26.1 Å². The molecule has 1 rings (SSSR count). The summed E-state index contributed by atoms with van der Waals surface area (Å²) in [6, 6.07) is 0. The van der Waals surface area contributed by atoms with Crippen LogP contribution in [0.3, 0.4) is 0 Å². The zero-order chi connectivity index (χ0) is 11.5. The van der Waals surface area contributed by atoms with Crippen molar-refractivity contribution in [3.63, 3.8) is 0 Å². The summed E-state index contributed by atoms with van der Waals surface area (Å²) in [5, 5.41) is 8.76. The standard InChI is InChI=1S/C11H17NO2Si/c1-15(2,3)8-4-5-10-6-7-12(9-10)11(13)14/h5H,6-7,9H2,1-3H3,(H,13,14)/b10-5+. The van der Waals surface area contributed by atoms with Gasteiger partial charge in [0.25, 0.3) is 0 Å². The quantitative estimate of drug-likeness (QED) is 0.505. The Kier molecular flexibility index (Phi) is 3.59. The molecule has 1 heterocycles. The highest BCUT2D eigenvalue weighted by atomic mass is 28.3. The van der Waals surface area contributed by atoms with E-state index in [0.717, 1.165) is 12.0 Å². The van der Waals surface area contributed by atoms with Gasteiger partial charge in [-0.2, -0.15) is 0 Å². The predicted molar refractivity (Wildman–Crippen MR) is 63.4 cm³/mol. The summed E-state index contributed by atoms with van der Waals surface area (Å²) in [5.74, 6) is 3.06. The molecule has 1 fully saturated rings. The average molecular weight is 223 g/mol. The second-order valence-electron chi connectivity index (χ2n) is 4.78. The number of carboxylic acid groups (broad SMARTS) is 1. The Balaban J connectivity index is 2.57. The van der Waals surface area contributed by atoms with Crippen molar-refractivity contribution < 1.29 is 9.90 Å². The van der Waals surface area contributed by atoms with Crippen LogP contribution in [0.4, 0.5) is 4.79 Å². The van der Waals surface area contributed by atoms with E-state index in [9.17, 15) is 4.79 Å². The van der Waals surface area contributed by atoms with Gasteiger partial charge in [-0.3, -0.25) is 0 Å². The summed E-state index contributed by atoms with van der Waals surface area (Å²) in [6.45, 7) is 7.70. The van der Waals surface area contributed by atoms with Gasteiger partial charge in [-0.1, -0.05) is 25.6 Å². The van der Waals surface area contributed by atoms with Crippen molar-refractivity contribution in [2.24, 2.45) is 0 Å². The summed E-state index contributed by atoms with van der Waals surface area (Å²) >= 11 is 0. The van der Waals surface area contributed by atoms with Gasteiger partial charge in [-0.25, -0.2) is 4.79 Å². The Labute approximate surface area is 91.8 Å². The molecule has 0 bridgehead atoms. The molecular weight excluding hydrogens is 206 g/mol. The fourth-order valence-corrected chi connectivity index (χ4v) is 1.82. The van der Waals surface area contributed by atoms with Crippen LogP contribution in [0, 0.1) is 11.5 Å². The number of amides is 1. The molecule has 0 atom stereocenters. The molecule has 0 saturated carbocycles. The van der Waals surface area contributed by atoms with Gasteiger partial charge in [0.15, 0.2) is 0 Å². The predicted octanol–water partition coefficient (Wildman–Crippen LogP) is 2.18. The van der Waals surface area contributed by atoms with Gasteiger partial charge >= 0.3 is 6.09 Å². The number of allylic oxidation sites excluding steroid dienone is 1. The molecule has 1 amide bonds. The summed E-state index contributed by atoms with van der Waals surface area (Å²) < 4.78 is 0. The SMILES string of the molecule is C[Si](C)(C)C#C/C=C1\CCN(C(=O)O)C1. The topological polar surface area (TPSA) is 40.5 Å². The van der Waals surface area contributed by atoms with E-state index in [2.05, 4.69) is 31.1 Å². The summed E-state index contributed by atoms with van der Waals surface area (Å²) in [7, 11) is -1.30. The van der Waals surface area contributed by atoms with Crippen molar-refractivity contribution in [3.8, 4) is 11.5 Å². The molecule has 1 aliphatic rings. The van der Waals surface area contributed by atoms with Crippen LogP contribution in [0.2, 0.25) is 19.6 Å². The van der Waals surface area contributed by atoms with Crippen LogP contribution in [0.1, 0.15) is 6.42 Å². The highest BCUT2D eigenvalue weighted by Gasteiger charge is 2.19. The average Bonchev–Trinajstić information content (AvgIpc) is 2.50. The Hall–Kier alpha value is -1.21. The molecule has 3 nitrogen and oxygen atoms in total.